The zero-order chi connectivity index (χ0) is 13.8. The van der Waals surface area contributed by atoms with Crippen molar-refractivity contribution in [3.63, 3.8) is 0 Å². The van der Waals surface area contributed by atoms with Crippen molar-refractivity contribution in [2.24, 2.45) is 0 Å². The zero-order valence-electron chi connectivity index (χ0n) is 10.6. The van der Waals surface area contributed by atoms with Gasteiger partial charge in [0.1, 0.15) is 5.82 Å². The Morgan fingerprint density at radius 3 is 3.05 bits per heavy atom. The number of aromatic nitrogens is 2. The lowest BCUT2D eigenvalue weighted by Crippen LogP contribution is -2.28. The number of nitrogens with one attached hydrogen (secondary N) is 2. The summed E-state index contributed by atoms with van der Waals surface area (Å²) in [7, 11) is 0. The summed E-state index contributed by atoms with van der Waals surface area (Å²) in [4.78, 5) is 19.0. The summed E-state index contributed by atoms with van der Waals surface area (Å²) in [6.07, 6.45) is 0.656. The molecule has 0 aliphatic carbocycles. The molecule has 0 aliphatic heterocycles. The number of hydrogen-bond donors (Lipinski definition) is 3. The van der Waals surface area contributed by atoms with E-state index in [9.17, 15) is 4.79 Å². The Morgan fingerprint density at radius 2 is 2.32 bits per heavy atom. The predicted octanol–water partition coefficient (Wildman–Crippen LogP) is 1.44. The summed E-state index contributed by atoms with van der Waals surface area (Å²) in [6, 6.07) is 5.16. The van der Waals surface area contributed by atoms with Crippen molar-refractivity contribution >= 4 is 22.5 Å². The van der Waals surface area contributed by atoms with Gasteiger partial charge in [-0.15, -0.1) is 0 Å². The average Bonchev–Trinajstić information content (AvgIpc) is 2.36. The van der Waals surface area contributed by atoms with Crippen molar-refractivity contribution in [1.29, 1.82) is 0 Å². The molecule has 0 saturated heterocycles. The number of nitrogens with zero attached hydrogens (tertiary/aromatic N) is 1. The normalized spacial score (nSPS) is 12.8. The van der Waals surface area contributed by atoms with Gasteiger partial charge in [0.05, 0.1) is 17.4 Å². The van der Waals surface area contributed by atoms with Crippen LogP contribution in [-0.4, -0.2) is 27.7 Å². The van der Waals surface area contributed by atoms with E-state index in [2.05, 4.69) is 15.3 Å². The van der Waals surface area contributed by atoms with Crippen LogP contribution in [0.5, 0.6) is 0 Å². The molecule has 0 radical (unpaired) electrons. The Bertz CT molecular complexity index is 627. The zero-order valence-corrected chi connectivity index (χ0v) is 11.4. The highest BCUT2D eigenvalue weighted by molar-refractivity contribution is 6.31. The lowest BCUT2D eigenvalue weighted by Gasteiger charge is -2.11. The fraction of sp³-hybridized carbons (Fsp3) is 0.385. The number of rotatable bonds is 5. The first-order valence-electron chi connectivity index (χ1n) is 6.13. The van der Waals surface area contributed by atoms with Crippen molar-refractivity contribution in [1.82, 2.24) is 15.3 Å². The van der Waals surface area contributed by atoms with E-state index >= 15 is 0 Å². The van der Waals surface area contributed by atoms with Crippen molar-refractivity contribution in [2.45, 2.75) is 25.9 Å². The van der Waals surface area contributed by atoms with E-state index in [4.69, 9.17) is 16.7 Å². The first-order chi connectivity index (χ1) is 9.10. The van der Waals surface area contributed by atoms with Crippen LogP contribution in [0.4, 0.5) is 0 Å². The predicted molar refractivity (Wildman–Crippen MR) is 75.4 cm³/mol. The number of aliphatic hydroxyl groups excluding tert-OH is 1. The second kappa shape index (κ2) is 6.14. The Kier molecular flexibility index (Phi) is 4.52. The van der Waals surface area contributed by atoms with E-state index in [0.717, 1.165) is 0 Å². The maximum absolute atomic E-state index is 11.9. The molecule has 1 aromatic heterocycles. The van der Waals surface area contributed by atoms with Gasteiger partial charge in [-0.1, -0.05) is 11.6 Å². The molecule has 1 unspecified atom stereocenters. The highest BCUT2D eigenvalue weighted by Crippen LogP contribution is 2.14. The minimum absolute atomic E-state index is 0.130. The molecule has 19 heavy (non-hydrogen) atoms. The lowest BCUT2D eigenvalue weighted by atomic mass is 10.2. The summed E-state index contributed by atoms with van der Waals surface area (Å²) in [6.45, 7) is 2.54. The van der Waals surface area contributed by atoms with Crippen LogP contribution in [0.15, 0.2) is 23.0 Å². The molecule has 102 valence electrons. The van der Waals surface area contributed by atoms with Gasteiger partial charge in [0.25, 0.3) is 5.56 Å². The molecular weight excluding hydrogens is 266 g/mol. The molecule has 0 amide bonds. The molecule has 0 spiro atoms. The molecule has 6 heteroatoms. The summed E-state index contributed by atoms with van der Waals surface area (Å²) in [5.41, 5.74) is 0.413. The molecule has 5 nitrogen and oxygen atoms in total. The minimum atomic E-state index is -0.173. The second-order valence-electron chi connectivity index (χ2n) is 4.47. The molecule has 1 heterocycles. The van der Waals surface area contributed by atoms with Crippen LogP contribution in [0.1, 0.15) is 19.2 Å². The molecule has 0 fully saturated rings. The summed E-state index contributed by atoms with van der Waals surface area (Å²) < 4.78 is 0. The van der Waals surface area contributed by atoms with Crippen LogP contribution in [-0.2, 0) is 6.54 Å². The highest BCUT2D eigenvalue weighted by atomic mass is 35.5. The largest absolute Gasteiger partial charge is 0.396 e. The van der Waals surface area contributed by atoms with Crippen molar-refractivity contribution in [2.75, 3.05) is 6.61 Å². The van der Waals surface area contributed by atoms with E-state index in [1.807, 2.05) is 6.92 Å². The Labute approximate surface area is 115 Å². The summed E-state index contributed by atoms with van der Waals surface area (Å²) >= 11 is 5.90. The van der Waals surface area contributed by atoms with Crippen LogP contribution in [0.2, 0.25) is 5.02 Å². The molecule has 2 aromatic rings. The molecule has 0 aliphatic rings. The van der Waals surface area contributed by atoms with Crippen LogP contribution in [0, 0.1) is 0 Å². The van der Waals surface area contributed by atoms with Gasteiger partial charge >= 0.3 is 0 Å². The van der Waals surface area contributed by atoms with E-state index in [1.165, 1.54) is 0 Å². The molecule has 3 N–H and O–H groups in total. The van der Waals surface area contributed by atoms with Gasteiger partial charge in [0, 0.05) is 17.7 Å². The number of halogens is 1. The van der Waals surface area contributed by atoms with Crippen molar-refractivity contribution in [3.8, 4) is 0 Å². The number of benzene rings is 1. The van der Waals surface area contributed by atoms with Gasteiger partial charge in [0.2, 0.25) is 0 Å². The van der Waals surface area contributed by atoms with Crippen molar-refractivity contribution < 1.29 is 5.11 Å². The maximum atomic E-state index is 11.9. The van der Waals surface area contributed by atoms with E-state index in [1.54, 1.807) is 18.2 Å². The van der Waals surface area contributed by atoms with Crippen molar-refractivity contribution in [3.05, 3.63) is 39.4 Å². The van der Waals surface area contributed by atoms with Gasteiger partial charge in [-0.2, -0.15) is 0 Å². The molecule has 0 saturated carbocycles. The third kappa shape index (κ3) is 3.53. The monoisotopic (exact) mass is 281 g/mol. The van der Waals surface area contributed by atoms with Crippen LogP contribution < -0.4 is 10.9 Å². The number of aliphatic hydroxyl groups is 1. The van der Waals surface area contributed by atoms with Gasteiger partial charge < -0.3 is 15.4 Å². The highest BCUT2D eigenvalue weighted by Gasteiger charge is 2.06. The topological polar surface area (TPSA) is 78.0 Å². The van der Waals surface area contributed by atoms with Gasteiger partial charge in [-0.3, -0.25) is 4.79 Å². The third-order valence-electron chi connectivity index (χ3n) is 2.90. The first-order valence-corrected chi connectivity index (χ1v) is 6.50. The standard InChI is InChI=1S/C13H16ClN3O2/c1-8(4-5-18)15-7-12-16-11-6-9(14)2-3-10(11)13(19)17-12/h2-3,6,8,15,18H,4-5,7H2,1H3,(H,16,17,19). The minimum Gasteiger partial charge on any atom is -0.396 e. The fourth-order valence-corrected chi connectivity index (χ4v) is 1.98. The smallest absolute Gasteiger partial charge is 0.258 e. The second-order valence-corrected chi connectivity index (χ2v) is 4.90. The molecule has 0 bridgehead atoms. The Morgan fingerprint density at radius 1 is 1.53 bits per heavy atom. The number of fused-ring (bicyclic) bond motifs is 1. The molecular formula is C13H16ClN3O2. The number of hydrogen-bond acceptors (Lipinski definition) is 4. The number of aromatic amines is 1. The van der Waals surface area contributed by atoms with Crippen LogP contribution in [0.3, 0.4) is 0 Å². The van der Waals surface area contributed by atoms with Crippen LogP contribution >= 0.6 is 11.6 Å². The summed E-state index contributed by atoms with van der Waals surface area (Å²) in [5, 5.41) is 13.1. The lowest BCUT2D eigenvalue weighted by molar-refractivity contribution is 0.268. The van der Waals surface area contributed by atoms with Crippen LogP contribution in [0.25, 0.3) is 10.9 Å². The number of H-pyrrole nitrogens is 1. The maximum Gasteiger partial charge on any atom is 0.258 e. The van der Waals surface area contributed by atoms with Gasteiger partial charge in [-0.05, 0) is 31.5 Å². The van der Waals surface area contributed by atoms with E-state index < -0.39 is 0 Å². The van der Waals surface area contributed by atoms with E-state index in [0.29, 0.717) is 34.7 Å². The third-order valence-corrected chi connectivity index (χ3v) is 3.13. The summed E-state index contributed by atoms with van der Waals surface area (Å²) in [5.74, 6) is 0.560. The van der Waals surface area contributed by atoms with E-state index in [-0.39, 0.29) is 18.2 Å². The molecule has 1 aromatic carbocycles. The SMILES string of the molecule is CC(CCO)NCc1nc2cc(Cl)ccc2c(=O)[nH]1. The van der Waals surface area contributed by atoms with Gasteiger partial charge in [0.15, 0.2) is 0 Å². The molecule has 2 rings (SSSR count). The first kappa shape index (κ1) is 14.0. The average molecular weight is 282 g/mol. The quantitative estimate of drug-likeness (QED) is 0.775. The fourth-order valence-electron chi connectivity index (χ4n) is 1.81. The van der Waals surface area contributed by atoms with Gasteiger partial charge in [-0.25, -0.2) is 4.98 Å². The Hall–Kier alpha value is -1.43. The molecule has 1 atom stereocenters. The Balaban J connectivity index is 2.23.